The van der Waals surface area contributed by atoms with Crippen LogP contribution in [0.15, 0.2) is 0 Å². The number of ketones is 1. The molecule has 4 nitrogen and oxygen atoms in total. The summed E-state index contributed by atoms with van der Waals surface area (Å²) in [5, 5.41) is 8.80. The third-order valence-corrected chi connectivity index (χ3v) is 3.53. The van der Waals surface area contributed by atoms with Crippen molar-refractivity contribution in [3.63, 3.8) is 0 Å². The first-order chi connectivity index (χ1) is 8.04. The summed E-state index contributed by atoms with van der Waals surface area (Å²) in [7, 11) is 0. The topological polar surface area (TPSA) is 70.2 Å². The standard InChI is InChI=1S/C13H17NO3/c1-3-9-7(2)14-10-5-4-8(6-11(15)16)13(17)12(9)10/h8,14H,3-6H2,1-2H3,(H,15,16). The highest BCUT2D eigenvalue weighted by Crippen LogP contribution is 2.31. The van der Waals surface area contributed by atoms with Gasteiger partial charge in [0.2, 0.25) is 0 Å². The molecular formula is C13H17NO3. The minimum Gasteiger partial charge on any atom is -0.481 e. The van der Waals surface area contributed by atoms with E-state index in [1.54, 1.807) is 0 Å². The van der Waals surface area contributed by atoms with Gasteiger partial charge in [0.1, 0.15) is 0 Å². The van der Waals surface area contributed by atoms with Crippen LogP contribution in [0, 0.1) is 12.8 Å². The van der Waals surface area contributed by atoms with Crippen LogP contribution in [0.1, 0.15) is 47.1 Å². The number of aromatic nitrogens is 1. The molecule has 0 spiro atoms. The monoisotopic (exact) mass is 235 g/mol. The van der Waals surface area contributed by atoms with Crippen LogP contribution in [0.25, 0.3) is 0 Å². The van der Waals surface area contributed by atoms with Gasteiger partial charge in [-0.05, 0) is 31.7 Å². The van der Waals surface area contributed by atoms with E-state index in [0.717, 1.165) is 35.4 Å². The highest BCUT2D eigenvalue weighted by molar-refractivity contribution is 6.02. The minimum absolute atomic E-state index is 0.00912. The minimum atomic E-state index is -0.892. The number of fused-ring (bicyclic) bond motifs is 1. The second kappa shape index (κ2) is 4.35. The molecule has 1 aromatic heterocycles. The number of Topliss-reactive ketones (excluding diaryl/α,β-unsaturated/α-hetero) is 1. The van der Waals surface area contributed by atoms with E-state index in [-0.39, 0.29) is 18.1 Å². The third kappa shape index (κ3) is 1.99. The molecule has 2 N–H and O–H groups in total. The number of H-pyrrole nitrogens is 1. The molecule has 1 heterocycles. The van der Waals surface area contributed by atoms with E-state index in [9.17, 15) is 9.59 Å². The fourth-order valence-electron chi connectivity index (χ4n) is 2.72. The van der Waals surface area contributed by atoms with E-state index in [0.29, 0.717) is 6.42 Å². The molecule has 1 aliphatic carbocycles. The molecule has 1 aliphatic rings. The van der Waals surface area contributed by atoms with Gasteiger partial charge in [0, 0.05) is 22.9 Å². The molecule has 2 rings (SSSR count). The predicted molar refractivity (Wildman–Crippen MR) is 63.3 cm³/mol. The number of carboxylic acids is 1. The lowest BCUT2D eigenvalue weighted by Crippen LogP contribution is -2.25. The van der Waals surface area contributed by atoms with Gasteiger partial charge in [0.15, 0.2) is 5.78 Å². The van der Waals surface area contributed by atoms with Crippen molar-refractivity contribution in [1.82, 2.24) is 4.98 Å². The van der Waals surface area contributed by atoms with Gasteiger partial charge in [-0.15, -0.1) is 0 Å². The van der Waals surface area contributed by atoms with Gasteiger partial charge < -0.3 is 10.1 Å². The molecule has 0 fully saturated rings. The number of carboxylic acid groups (broad SMARTS) is 1. The number of hydrogen-bond donors (Lipinski definition) is 2. The lowest BCUT2D eigenvalue weighted by atomic mass is 9.82. The van der Waals surface area contributed by atoms with Crippen LogP contribution < -0.4 is 0 Å². The summed E-state index contributed by atoms with van der Waals surface area (Å²) in [6.45, 7) is 3.99. The molecule has 0 saturated carbocycles. The van der Waals surface area contributed by atoms with Crippen LogP contribution >= 0.6 is 0 Å². The predicted octanol–water partition coefficient (Wildman–Crippen LogP) is 2.11. The molecule has 0 aliphatic heterocycles. The van der Waals surface area contributed by atoms with Crippen molar-refractivity contribution >= 4 is 11.8 Å². The number of nitrogens with one attached hydrogen (secondary N) is 1. The summed E-state index contributed by atoms with van der Waals surface area (Å²) in [5.41, 5.74) is 3.86. The largest absolute Gasteiger partial charge is 0.481 e. The van der Waals surface area contributed by atoms with Crippen LogP contribution in [0.2, 0.25) is 0 Å². The Balaban J connectivity index is 2.37. The number of aliphatic carboxylic acids is 1. The van der Waals surface area contributed by atoms with Gasteiger partial charge >= 0.3 is 5.97 Å². The number of rotatable bonds is 3. The van der Waals surface area contributed by atoms with Gasteiger partial charge in [-0.1, -0.05) is 6.92 Å². The summed E-state index contributed by atoms with van der Waals surface area (Å²) >= 11 is 0. The lowest BCUT2D eigenvalue weighted by molar-refractivity contribution is -0.137. The maximum absolute atomic E-state index is 12.3. The fraction of sp³-hybridized carbons (Fsp3) is 0.538. The maximum atomic E-state index is 12.3. The molecule has 0 radical (unpaired) electrons. The van der Waals surface area contributed by atoms with Gasteiger partial charge in [0.05, 0.1) is 6.42 Å². The van der Waals surface area contributed by atoms with E-state index in [1.807, 2.05) is 13.8 Å². The first-order valence-electron chi connectivity index (χ1n) is 6.00. The SMILES string of the molecule is CCc1c(C)[nH]c2c1C(=O)C(CC(=O)O)CC2. The van der Waals surface area contributed by atoms with Crippen molar-refractivity contribution in [1.29, 1.82) is 0 Å². The van der Waals surface area contributed by atoms with Crippen LogP contribution in [-0.2, 0) is 17.6 Å². The first kappa shape index (κ1) is 11.9. The molecule has 0 aromatic carbocycles. The van der Waals surface area contributed by atoms with Gasteiger partial charge in [-0.25, -0.2) is 0 Å². The van der Waals surface area contributed by atoms with Crippen molar-refractivity contribution < 1.29 is 14.7 Å². The average Bonchev–Trinajstić information content (AvgIpc) is 2.58. The van der Waals surface area contributed by atoms with E-state index in [4.69, 9.17) is 5.11 Å². The Morgan fingerprint density at radius 3 is 2.82 bits per heavy atom. The zero-order valence-electron chi connectivity index (χ0n) is 10.2. The maximum Gasteiger partial charge on any atom is 0.304 e. The van der Waals surface area contributed by atoms with Crippen molar-refractivity contribution in [2.75, 3.05) is 0 Å². The zero-order valence-corrected chi connectivity index (χ0v) is 10.2. The molecule has 4 heteroatoms. The smallest absolute Gasteiger partial charge is 0.304 e. The number of carbonyl (C=O) groups excluding carboxylic acids is 1. The summed E-state index contributed by atoms with van der Waals surface area (Å²) in [6.07, 6.45) is 2.18. The first-order valence-corrected chi connectivity index (χ1v) is 6.00. The second-order valence-corrected chi connectivity index (χ2v) is 4.63. The summed E-state index contributed by atoms with van der Waals surface area (Å²) in [4.78, 5) is 26.2. The van der Waals surface area contributed by atoms with Crippen molar-refractivity contribution in [3.8, 4) is 0 Å². The molecule has 1 aromatic rings. The molecular weight excluding hydrogens is 218 g/mol. The highest BCUT2D eigenvalue weighted by atomic mass is 16.4. The van der Waals surface area contributed by atoms with Crippen LogP contribution in [0.5, 0.6) is 0 Å². The van der Waals surface area contributed by atoms with Crippen molar-refractivity contribution in [2.45, 2.75) is 39.5 Å². The van der Waals surface area contributed by atoms with E-state index in [2.05, 4.69) is 4.98 Å². The van der Waals surface area contributed by atoms with Crippen molar-refractivity contribution in [3.05, 3.63) is 22.5 Å². The van der Waals surface area contributed by atoms with E-state index < -0.39 is 5.97 Å². The summed E-state index contributed by atoms with van der Waals surface area (Å²) in [6, 6.07) is 0. The third-order valence-electron chi connectivity index (χ3n) is 3.53. The quantitative estimate of drug-likeness (QED) is 0.842. The number of carbonyl (C=O) groups is 2. The zero-order chi connectivity index (χ0) is 12.6. The molecule has 0 amide bonds. The molecule has 92 valence electrons. The Labute approximate surface area is 100 Å². The van der Waals surface area contributed by atoms with Crippen molar-refractivity contribution in [2.24, 2.45) is 5.92 Å². The van der Waals surface area contributed by atoms with Gasteiger partial charge in [0.25, 0.3) is 0 Å². The molecule has 0 bridgehead atoms. The number of hydrogen-bond acceptors (Lipinski definition) is 2. The summed E-state index contributed by atoms with van der Waals surface area (Å²) < 4.78 is 0. The van der Waals surface area contributed by atoms with Crippen LogP contribution in [-0.4, -0.2) is 21.8 Å². The summed E-state index contributed by atoms with van der Waals surface area (Å²) in [5.74, 6) is -1.23. The Bertz CT molecular complexity index is 473. The highest BCUT2D eigenvalue weighted by Gasteiger charge is 2.32. The Morgan fingerprint density at radius 1 is 1.53 bits per heavy atom. The van der Waals surface area contributed by atoms with Gasteiger partial charge in [-0.3, -0.25) is 9.59 Å². The molecule has 1 unspecified atom stereocenters. The molecule has 0 saturated heterocycles. The Hall–Kier alpha value is -1.58. The van der Waals surface area contributed by atoms with E-state index in [1.165, 1.54) is 0 Å². The lowest BCUT2D eigenvalue weighted by Gasteiger charge is -2.20. The van der Waals surface area contributed by atoms with E-state index >= 15 is 0 Å². The van der Waals surface area contributed by atoms with Crippen LogP contribution in [0.4, 0.5) is 0 Å². The van der Waals surface area contributed by atoms with Gasteiger partial charge in [-0.2, -0.15) is 0 Å². The fourth-order valence-corrected chi connectivity index (χ4v) is 2.72. The molecule has 1 atom stereocenters. The number of aromatic amines is 1. The molecule has 17 heavy (non-hydrogen) atoms. The average molecular weight is 235 g/mol. The van der Waals surface area contributed by atoms with Crippen LogP contribution in [0.3, 0.4) is 0 Å². The number of aryl methyl sites for hydroxylation is 2. The normalized spacial score (nSPS) is 19.2. The second-order valence-electron chi connectivity index (χ2n) is 4.63. The Kier molecular flexibility index (Phi) is 3.05. The Morgan fingerprint density at radius 2 is 2.24 bits per heavy atom.